The number of benzene rings is 2. The minimum atomic E-state index is -0.360. The zero-order valence-electron chi connectivity index (χ0n) is 12.3. The molecule has 0 atom stereocenters. The standard InChI is InChI=1S/C17H18BNO2/c1-20-18(21-2)17-12-15-10-6-7-11-16(15)19(17)13-14-8-4-3-5-9-14/h3-12H,13H2,1-2H3. The SMILES string of the molecule is COB(OC)c1cc2ccccc2n1Cc1ccccc1. The molecule has 3 nitrogen and oxygen atoms in total. The second kappa shape index (κ2) is 6.16. The number of para-hydroxylation sites is 1. The number of aromatic nitrogens is 1. The van der Waals surface area contributed by atoms with Gasteiger partial charge in [0.2, 0.25) is 0 Å². The average Bonchev–Trinajstić information content (AvgIpc) is 2.89. The molecule has 1 aromatic heterocycles. The molecule has 0 aliphatic rings. The monoisotopic (exact) mass is 279 g/mol. The van der Waals surface area contributed by atoms with Gasteiger partial charge in [-0.05, 0) is 23.1 Å². The van der Waals surface area contributed by atoms with Crippen molar-refractivity contribution in [3.63, 3.8) is 0 Å². The molecule has 0 fully saturated rings. The number of rotatable bonds is 5. The molecule has 0 aliphatic carbocycles. The average molecular weight is 279 g/mol. The molecular formula is C17H18BNO2. The molecule has 0 aliphatic heterocycles. The molecule has 0 radical (unpaired) electrons. The van der Waals surface area contributed by atoms with Crippen LogP contribution in [0.25, 0.3) is 10.9 Å². The Morgan fingerprint density at radius 1 is 0.905 bits per heavy atom. The molecule has 2 aromatic carbocycles. The molecule has 4 heteroatoms. The summed E-state index contributed by atoms with van der Waals surface area (Å²) in [7, 11) is 2.97. The maximum absolute atomic E-state index is 5.45. The Bertz CT molecular complexity index is 720. The van der Waals surface area contributed by atoms with Crippen molar-refractivity contribution in [3.8, 4) is 0 Å². The van der Waals surface area contributed by atoms with Crippen molar-refractivity contribution in [2.75, 3.05) is 14.2 Å². The second-order valence-corrected chi connectivity index (χ2v) is 5.00. The number of fused-ring (bicyclic) bond motifs is 1. The Kier molecular flexibility index (Phi) is 4.09. The van der Waals surface area contributed by atoms with Crippen LogP contribution in [-0.4, -0.2) is 25.9 Å². The first-order valence-electron chi connectivity index (χ1n) is 7.01. The largest absolute Gasteiger partial charge is 0.511 e. The van der Waals surface area contributed by atoms with E-state index in [-0.39, 0.29) is 7.12 Å². The van der Waals surface area contributed by atoms with Crippen molar-refractivity contribution in [2.45, 2.75) is 6.54 Å². The predicted octanol–water partition coefficient (Wildman–Crippen LogP) is 2.68. The van der Waals surface area contributed by atoms with Gasteiger partial charge in [-0.15, -0.1) is 0 Å². The first kappa shape index (κ1) is 13.9. The van der Waals surface area contributed by atoms with Crippen molar-refractivity contribution in [2.24, 2.45) is 0 Å². The van der Waals surface area contributed by atoms with Crippen LogP contribution >= 0.6 is 0 Å². The highest BCUT2D eigenvalue weighted by Gasteiger charge is 2.24. The van der Waals surface area contributed by atoms with Crippen LogP contribution in [0.4, 0.5) is 0 Å². The Balaban J connectivity index is 2.11. The highest BCUT2D eigenvalue weighted by atomic mass is 16.6. The summed E-state index contributed by atoms with van der Waals surface area (Å²) in [6, 6.07) is 20.9. The van der Waals surface area contributed by atoms with Gasteiger partial charge in [0.1, 0.15) is 0 Å². The molecule has 3 rings (SSSR count). The van der Waals surface area contributed by atoms with Crippen LogP contribution in [0.5, 0.6) is 0 Å². The normalized spacial score (nSPS) is 11.0. The zero-order valence-corrected chi connectivity index (χ0v) is 12.3. The van der Waals surface area contributed by atoms with Crippen LogP contribution in [0.1, 0.15) is 5.56 Å². The Morgan fingerprint density at radius 3 is 2.29 bits per heavy atom. The van der Waals surface area contributed by atoms with Gasteiger partial charge in [-0.2, -0.15) is 0 Å². The van der Waals surface area contributed by atoms with Crippen molar-refractivity contribution in [1.82, 2.24) is 4.57 Å². The van der Waals surface area contributed by atoms with Crippen molar-refractivity contribution >= 4 is 23.6 Å². The van der Waals surface area contributed by atoms with Gasteiger partial charge in [0.05, 0.1) is 0 Å². The molecule has 21 heavy (non-hydrogen) atoms. The first-order chi connectivity index (χ1) is 10.3. The van der Waals surface area contributed by atoms with Gasteiger partial charge in [0.15, 0.2) is 0 Å². The lowest BCUT2D eigenvalue weighted by Crippen LogP contribution is -2.40. The molecule has 0 spiro atoms. The lowest BCUT2D eigenvalue weighted by Gasteiger charge is -2.14. The van der Waals surface area contributed by atoms with E-state index in [4.69, 9.17) is 9.31 Å². The lowest BCUT2D eigenvalue weighted by molar-refractivity contribution is 0.290. The molecule has 0 unspecified atom stereocenters. The van der Waals surface area contributed by atoms with Crippen molar-refractivity contribution in [3.05, 3.63) is 66.2 Å². The highest BCUT2D eigenvalue weighted by molar-refractivity contribution is 6.61. The van der Waals surface area contributed by atoms with E-state index in [9.17, 15) is 0 Å². The van der Waals surface area contributed by atoms with Gasteiger partial charge in [-0.25, -0.2) is 0 Å². The number of hydrogen-bond acceptors (Lipinski definition) is 2. The molecule has 0 N–H and O–H groups in total. The third-order valence-corrected chi connectivity index (χ3v) is 3.70. The summed E-state index contributed by atoms with van der Waals surface area (Å²) < 4.78 is 13.2. The van der Waals surface area contributed by atoms with Crippen LogP contribution in [0.15, 0.2) is 60.7 Å². The Morgan fingerprint density at radius 2 is 1.57 bits per heavy atom. The maximum atomic E-state index is 5.45. The molecule has 0 saturated carbocycles. The van der Waals surface area contributed by atoms with Crippen LogP contribution in [0, 0.1) is 0 Å². The second-order valence-electron chi connectivity index (χ2n) is 5.00. The lowest BCUT2D eigenvalue weighted by atomic mass is 9.84. The minimum Gasteiger partial charge on any atom is -0.409 e. The summed E-state index contributed by atoms with van der Waals surface area (Å²) in [5.41, 5.74) is 3.48. The molecule has 0 bridgehead atoms. The van der Waals surface area contributed by atoms with E-state index in [2.05, 4.69) is 53.1 Å². The van der Waals surface area contributed by atoms with Gasteiger partial charge in [-0.3, -0.25) is 0 Å². The van der Waals surface area contributed by atoms with Gasteiger partial charge in [-0.1, -0.05) is 48.5 Å². The van der Waals surface area contributed by atoms with Gasteiger partial charge >= 0.3 is 7.12 Å². The van der Waals surface area contributed by atoms with Gasteiger partial charge in [0, 0.05) is 31.9 Å². The molecule has 0 saturated heterocycles. The van der Waals surface area contributed by atoms with E-state index in [1.165, 1.54) is 16.5 Å². The molecule has 106 valence electrons. The van der Waals surface area contributed by atoms with E-state index in [0.717, 1.165) is 12.1 Å². The molecule has 1 heterocycles. The third-order valence-electron chi connectivity index (χ3n) is 3.70. The van der Waals surface area contributed by atoms with Crippen molar-refractivity contribution < 1.29 is 9.31 Å². The summed E-state index contributed by atoms with van der Waals surface area (Å²) in [6.45, 7) is 0.799. The van der Waals surface area contributed by atoms with E-state index in [1.807, 2.05) is 12.1 Å². The first-order valence-corrected chi connectivity index (χ1v) is 7.01. The zero-order chi connectivity index (χ0) is 14.7. The summed E-state index contributed by atoms with van der Waals surface area (Å²) in [5.74, 6) is 0. The summed E-state index contributed by atoms with van der Waals surface area (Å²) >= 11 is 0. The summed E-state index contributed by atoms with van der Waals surface area (Å²) in [6.07, 6.45) is 0. The van der Waals surface area contributed by atoms with Crippen LogP contribution in [0.3, 0.4) is 0 Å². The fourth-order valence-corrected chi connectivity index (χ4v) is 2.71. The predicted molar refractivity (Wildman–Crippen MR) is 86.9 cm³/mol. The smallest absolute Gasteiger partial charge is 0.409 e. The minimum absolute atomic E-state index is 0.360. The quantitative estimate of drug-likeness (QED) is 0.670. The van der Waals surface area contributed by atoms with E-state index in [0.29, 0.717) is 0 Å². The molecular weight excluding hydrogens is 261 g/mol. The van der Waals surface area contributed by atoms with E-state index >= 15 is 0 Å². The van der Waals surface area contributed by atoms with Crippen LogP contribution < -0.4 is 5.59 Å². The van der Waals surface area contributed by atoms with E-state index < -0.39 is 0 Å². The van der Waals surface area contributed by atoms with Crippen LogP contribution in [0.2, 0.25) is 0 Å². The Hall–Kier alpha value is -2.04. The molecule has 3 aromatic rings. The number of hydrogen-bond donors (Lipinski definition) is 0. The molecule has 0 amide bonds. The fourth-order valence-electron chi connectivity index (χ4n) is 2.71. The van der Waals surface area contributed by atoms with Gasteiger partial charge < -0.3 is 13.9 Å². The number of nitrogens with zero attached hydrogens (tertiary/aromatic N) is 1. The summed E-state index contributed by atoms with van der Waals surface area (Å²) in [5, 5.41) is 1.20. The van der Waals surface area contributed by atoms with Crippen LogP contribution in [-0.2, 0) is 15.9 Å². The highest BCUT2D eigenvalue weighted by Crippen LogP contribution is 2.16. The maximum Gasteiger partial charge on any atom is 0.511 e. The van der Waals surface area contributed by atoms with E-state index in [1.54, 1.807) is 14.2 Å². The Labute approximate surface area is 125 Å². The van der Waals surface area contributed by atoms with Crippen molar-refractivity contribution in [1.29, 1.82) is 0 Å². The van der Waals surface area contributed by atoms with Gasteiger partial charge in [0.25, 0.3) is 0 Å². The third kappa shape index (κ3) is 2.73. The summed E-state index contributed by atoms with van der Waals surface area (Å²) in [4.78, 5) is 0. The topological polar surface area (TPSA) is 23.4 Å². The fraction of sp³-hybridized carbons (Fsp3) is 0.176.